The number of carbonyl (C=O) groups is 1. The molecule has 0 aliphatic heterocycles. The van der Waals surface area contributed by atoms with Crippen molar-refractivity contribution >= 4 is 29.1 Å². The predicted molar refractivity (Wildman–Crippen MR) is 103 cm³/mol. The van der Waals surface area contributed by atoms with E-state index >= 15 is 0 Å². The van der Waals surface area contributed by atoms with Gasteiger partial charge in [0.1, 0.15) is 5.69 Å². The quantitative estimate of drug-likeness (QED) is 0.740. The van der Waals surface area contributed by atoms with Gasteiger partial charge in [0.2, 0.25) is 5.95 Å². The molecule has 1 amide bonds. The highest BCUT2D eigenvalue weighted by atomic mass is 35.5. The van der Waals surface area contributed by atoms with Gasteiger partial charge in [-0.15, -0.1) is 0 Å². The molecule has 1 aromatic heterocycles. The first kappa shape index (κ1) is 19.1. The maximum Gasteiger partial charge on any atom is 0.274 e. The monoisotopic (exact) mass is 361 g/mol. The molecular formula is C18H24ClN5O. The number of aromatic nitrogens is 2. The van der Waals surface area contributed by atoms with Crippen LogP contribution in [0.4, 0.5) is 11.6 Å². The van der Waals surface area contributed by atoms with E-state index in [0.29, 0.717) is 22.4 Å². The lowest BCUT2D eigenvalue weighted by molar-refractivity contribution is 0.102. The van der Waals surface area contributed by atoms with Crippen molar-refractivity contribution in [2.24, 2.45) is 0 Å². The number of aryl methyl sites for hydroxylation is 2. The van der Waals surface area contributed by atoms with Crippen LogP contribution in [0.25, 0.3) is 0 Å². The lowest BCUT2D eigenvalue weighted by atomic mass is 10.2. The Bertz CT molecular complexity index is 748. The maximum absolute atomic E-state index is 12.5. The van der Waals surface area contributed by atoms with Crippen LogP contribution >= 0.6 is 11.6 Å². The van der Waals surface area contributed by atoms with Crippen LogP contribution in [-0.4, -0.2) is 48.0 Å². The van der Waals surface area contributed by atoms with E-state index < -0.39 is 0 Å². The minimum absolute atomic E-state index is 0.290. The largest absolute Gasteiger partial charge is 0.354 e. The lowest BCUT2D eigenvalue weighted by Crippen LogP contribution is -2.19. The second kappa shape index (κ2) is 8.78. The summed E-state index contributed by atoms with van der Waals surface area (Å²) in [5, 5.41) is 6.59. The fourth-order valence-electron chi connectivity index (χ4n) is 2.23. The first-order chi connectivity index (χ1) is 11.8. The Labute approximate surface area is 153 Å². The zero-order chi connectivity index (χ0) is 18.4. The predicted octanol–water partition coefficient (Wildman–Crippen LogP) is 3.36. The molecule has 6 nitrogen and oxygen atoms in total. The number of benzene rings is 1. The summed E-state index contributed by atoms with van der Waals surface area (Å²) >= 11 is 6.10. The minimum Gasteiger partial charge on any atom is -0.354 e. The van der Waals surface area contributed by atoms with Gasteiger partial charge in [-0.1, -0.05) is 17.7 Å². The smallest absolute Gasteiger partial charge is 0.274 e. The van der Waals surface area contributed by atoms with Crippen LogP contribution in [0.15, 0.2) is 24.3 Å². The Kier molecular flexibility index (Phi) is 6.73. The molecule has 0 atom stereocenters. The summed E-state index contributed by atoms with van der Waals surface area (Å²) < 4.78 is 0. The number of carbonyl (C=O) groups excluding carboxylic acids is 1. The van der Waals surface area contributed by atoms with Crippen molar-refractivity contribution in [1.29, 1.82) is 0 Å². The van der Waals surface area contributed by atoms with Crippen LogP contribution in [0.1, 0.15) is 28.2 Å². The number of amides is 1. The molecule has 1 heterocycles. The molecule has 2 N–H and O–H groups in total. The molecule has 0 saturated heterocycles. The number of hydrogen-bond donors (Lipinski definition) is 2. The molecule has 0 aliphatic rings. The standard InChI is InChI=1S/C18H24ClN5O/c1-12-6-7-14(11-15(12)19)22-17(25)16-10-13(2)21-18(23-16)20-8-5-9-24(3)4/h6-7,10-11H,5,8-9H2,1-4H3,(H,22,25)(H,20,21,23). The second-order valence-electron chi connectivity index (χ2n) is 6.22. The van der Waals surface area contributed by atoms with Gasteiger partial charge in [-0.25, -0.2) is 9.97 Å². The molecule has 1 aromatic carbocycles. The maximum atomic E-state index is 12.5. The number of halogens is 1. The Morgan fingerprint density at radius 3 is 2.64 bits per heavy atom. The summed E-state index contributed by atoms with van der Waals surface area (Å²) in [6.45, 7) is 5.47. The molecule has 0 radical (unpaired) electrons. The minimum atomic E-state index is -0.290. The summed E-state index contributed by atoms with van der Waals surface area (Å²) in [6.07, 6.45) is 0.966. The number of rotatable bonds is 7. The zero-order valence-corrected chi connectivity index (χ0v) is 15.8. The molecule has 25 heavy (non-hydrogen) atoms. The summed E-state index contributed by atoms with van der Waals surface area (Å²) in [5.74, 6) is 0.174. The molecule has 0 aliphatic carbocycles. The van der Waals surface area contributed by atoms with E-state index in [1.54, 1.807) is 12.1 Å². The van der Waals surface area contributed by atoms with E-state index in [0.717, 1.165) is 30.8 Å². The molecule has 2 rings (SSSR count). The lowest BCUT2D eigenvalue weighted by Gasteiger charge is -2.11. The highest BCUT2D eigenvalue weighted by Crippen LogP contribution is 2.20. The fraction of sp³-hybridized carbons (Fsp3) is 0.389. The average Bonchev–Trinajstić information content (AvgIpc) is 2.54. The number of nitrogens with zero attached hydrogens (tertiary/aromatic N) is 3. The van der Waals surface area contributed by atoms with Crippen molar-refractivity contribution in [3.05, 3.63) is 46.2 Å². The first-order valence-corrected chi connectivity index (χ1v) is 8.55. The van der Waals surface area contributed by atoms with E-state index in [-0.39, 0.29) is 5.91 Å². The molecule has 2 aromatic rings. The van der Waals surface area contributed by atoms with Crippen LogP contribution in [0, 0.1) is 13.8 Å². The highest BCUT2D eigenvalue weighted by Gasteiger charge is 2.11. The number of nitrogens with one attached hydrogen (secondary N) is 2. The van der Waals surface area contributed by atoms with Crippen LogP contribution in [-0.2, 0) is 0 Å². The van der Waals surface area contributed by atoms with Crippen LogP contribution < -0.4 is 10.6 Å². The van der Waals surface area contributed by atoms with Gasteiger partial charge < -0.3 is 15.5 Å². The third-order valence-corrected chi connectivity index (χ3v) is 3.99. The summed E-state index contributed by atoms with van der Waals surface area (Å²) in [4.78, 5) is 23.2. The van der Waals surface area contributed by atoms with E-state index in [4.69, 9.17) is 11.6 Å². The van der Waals surface area contributed by atoms with Gasteiger partial charge in [-0.05, 0) is 64.7 Å². The Morgan fingerprint density at radius 2 is 1.96 bits per heavy atom. The second-order valence-corrected chi connectivity index (χ2v) is 6.63. The molecule has 7 heteroatoms. The molecule has 0 unspecified atom stereocenters. The normalized spacial score (nSPS) is 10.8. The van der Waals surface area contributed by atoms with Gasteiger partial charge in [-0.3, -0.25) is 4.79 Å². The van der Waals surface area contributed by atoms with Gasteiger partial charge in [0, 0.05) is 22.9 Å². The fourth-order valence-corrected chi connectivity index (χ4v) is 2.41. The van der Waals surface area contributed by atoms with Crippen molar-refractivity contribution in [2.45, 2.75) is 20.3 Å². The molecule has 0 fully saturated rings. The zero-order valence-electron chi connectivity index (χ0n) is 15.1. The average molecular weight is 362 g/mol. The summed E-state index contributed by atoms with van der Waals surface area (Å²) in [5.41, 5.74) is 2.65. The van der Waals surface area contributed by atoms with Gasteiger partial charge in [0.25, 0.3) is 5.91 Å². The van der Waals surface area contributed by atoms with Gasteiger partial charge in [0.05, 0.1) is 0 Å². The van der Waals surface area contributed by atoms with Gasteiger partial charge in [0.15, 0.2) is 0 Å². The molecule has 0 spiro atoms. The van der Waals surface area contributed by atoms with Crippen LogP contribution in [0.5, 0.6) is 0 Å². The number of hydrogen-bond acceptors (Lipinski definition) is 5. The van der Waals surface area contributed by atoms with E-state index in [1.807, 2.05) is 40.1 Å². The highest BCUT2D eigenvalue weighted by molar-refractivity contribution is 6.31. The number of anilines is 2. The van der Waals surface area contributed by atoms with Crippen molar-refractivity contribution in [3.63, 3.8) is 0 Å². The Morgan fingerprint density at radius 1 is 1.20 bits per heavy atom. The third kappa shape index (κ3) is 5.99. The third-order valence-electron chi connectivity index (χ3n) is 3.58. The van der Waals surface area contributed by atoms with Gasteiger partial charge in [-0.2, -0.15) is 0 Å². The summed E-state index contributed by atoms with van der Waals surface area (Å²) in [7, 11) is 4.06. The van der Waals surface area contributed by atoms with Crippen LogP contribution in [0.3, 0.4) is 0 Å². The van der Waals surface area contributed by atoms with Crippen molar-refractivity contribution < 1.29 is 4.79 Å². The SMILES string of the molecule is Cc1cc(C(=O)Nc2ccc(C)c(Cl)c2)nc(NCCCN(C)C)n1. The van der Waals surface area contributed by atoms with Crippen molar-refractivity contribution in [1.82, 2.24) is 14.9 Å². The Hall–Kier alpha value is -2.18. The van der Waals surface area contributed by atoms with Crippen molar-refractivity contribution in [2.75, 3.05) is 37.8 Å². The molecule has 0 saturated carbocycles. The van der Waals surface area contributed by atoms with E-state index in [2.05, 4.69) is 25.5 Å². The first-order valence-electron chi connectivity index (χ1n) is 8.17. The van der Waals surface area contributed by atoms with Gasteiger partial charge >= 0.3 is 0 Å². The molecule has 0 bridgehead atoms. The summed E-state index contributed by atoms with van der Waals surface area (Å²) in [6, 6.07) is 7.06. The topological polar surface area (TPSA) is 70.2 Å². The van der Waals surface area contributed by atoms with E-state index in [1.165, 1.54) is 0 Å². The molecular weight excluding hydrogens is 338 g/mol. The van der Waals surface area contributed by atoms with E-state index in [9.17, 15) is 4.79 Å². The van der Waals surface area contributed by atoms with Crippen molar-refractivity contribution in [3.8, 4) is 0 Å². The molecule has 134 valence electrons. The van der Waals surface area contributed by atoms with Crippen LogP contribution in [0.2, 0.25) is 5.02 Å². The Balaban J connectivity index is 2.04.